The number of nitrogens with one attached hydrogen (secondary N) is 2. The summed E-state index contributed by atoms with van der Waals surface area (Å²) in [7, 11) is 0. The molecule has 2 N–H and O–H groups in total. The molecular formula is C17H20N4O2. The average Bonchev–Trinajstić information content (AvgIpc) is 3.21. The maximum Gasteiger partial charge on any atom is 0.243 e. The summed E-state index contributed by atoms with van der Waals surface area (Å²) in [6.45, 7) is 0.106. The molecule has 1 aliphatic rings. The van der Waals surface area contributed by atoms with Gasteiger partial charge in [-0.2, -0.15) is 5.10 Å². The van der Waals surface area contributed by atoms with Gasteiger partial charge >= 0.3 is 0 Å². The van der Waals surface area contributed by atoms with E-state index < -0.39 is 6.04 Å². The molecule has 6 nitrogen and oxygen atoms in total. The van der Waals surface area contributed by atoms with Crippen molar-refractivity contribution in [2.24, 2.45) is 0 Å². The Hall–Kier alpha value is -2.63. The summed E-state index contributed by atoms with van der Waals surface area (Å²) in [4.78, 5) is 24.6. The van der Waals surface area contributed by atoms with Crippen LogP contribution in [0.4, 0.5) is 0 Å². The van der Waals surface area contributed by atoms with Crippen LogP contribution < -0.4 is 10.6 Å². The first-order chi connectivity index (χ1) is 11.2. The third-order valence-electron chi connectivity index (χ3n) is 3.72. The highest BCUT2D eigenvalue weighted by Gasteiger charge is 2.28. The molecule has 0 aliphatic heterocycles. The van der Waals surface area contributed by atoms with Gasteiger partial charge in [-0.3, -0.25) is 14.3 Å². The van der Waals surface area contributed by atoms with E-state index in [4.69, 9.17) is 0 Å². The third-order valence-corrected chi connectivity index (χ3v) is 3.72. The quantitative estimate of drug-likeness (QED) is 0.797. The van der Waals surface area contributed by atoms with Crippen LogP contribution in [0.15, 0.2) is 48.8 Å². The smallest absolute Gasteiger partial charge is 0.243 e. The summed E-state index contributed by atoms with van der Waals surface area (Å²) >= 11 is 0. The largest absolute Gasteiger partial charge is 0.352 e. The van der Waals surface area contributed by atoms with Gasteiger partial charge in [0.15, 0.2) is 0 Å². The fraction of sp³-hybridized carbons (Fsp3) is 0.353. The number of aromatic nitrogens is 2. The normalized spacial score (nSPS) is 15.0. The molecular weight excluding hydrogens is 292 g/mol. The number of hydrogen-bond donors (Lipinski definition) is 2. The second-order valence-corrected chi connectivity index (χ2v) is 5.80. The molecule has 0 radical (unpaired) electrons. The lowest BCUT2D eigenvalue weighted by Crippen LogP contribution is -2.49. The average molecular weight is 312 g/mol. The predicted molar refractivity (Wildman–Crippen MR) is 85.5 cm³/mol. The number of benzene rings is 1. The first-order valence-corrected chi connectivity index (χ1v) is 7.82. The Morgan fingerprint density at radius 2 is 2.00 bits per heavy atom. The minimum Gasteiger partial charge on any atom is -0.352 e. The van der Waals surface area contributed by atoms with Crippen molar-refractivity contribution in [3.63, 3.8) is 0 Å². The lowest BCUT2D eigenvalue weighted by atomic mass is 10.1. The molecule has 0 saturated heterocycles. The second-order valence-electron chi connectivity index (χ2n) is 5.80. The number of rotatable bonds is 7. The van der Waals surface area contributed by atoms with E-state index in [-0.39, 0.29) is 24.4 Å². The van der Waals surface area contributed by atoms with Crippen LogP contribution in [0.5, 0.6) is 0 Å². The van der Waals surface area contributed by atoms with Gasteiger partial charge in [0.05, 0.1) is 0 Å². The van der Waals surface area contributed by atoms with E-state index in [9.17, 15) is 9.59 Å². The molecule has 0 bridgehead atoms. The van der Waals surface area contributed by atoms with Gasteiger partial charge in [-0.1, -0.05) is 30.3 Å². The van der Waals surface area contributed by atoms with E-state index in [0.717, 1.165) is 18.4 Å². The number of amides is 2. The van der Waals surface area contributed by atoms with E-state index in [2.05, 4.69) is 15.7 Å². The fourth-order valence-corrected chi connectivity index (χ4v) is 2.37. The molecule has 1 aromatic carbocycles. The Kier molecular flexibility index (Phi) is 4.71. The van der Waals surface area contributed by atoms with Crippen LogP contribution in [-0.2, 0) is 22.6 Å². The van der Waals surface area contributed by atoms with Crippen molar-refractivity contribution in [2.75, 3.05) is 0 Å². The van der Waals surface area contributed by atoms with E-state index in [1.165, 1.54) is 4.68 Å². The van der Waals surface area contributed by atoms with Gasteiger partial charge in [-0.25, -0.2) is 0 Å². The van der Waals surface area contributed by atoms with Crippen LogP contribution in [0.2, 0.25) is 0 Å². The Morgan fingerprint density at radius 3 is 2.65 bits per heavy atom. The van der Waals surface area contributed by atoms with Gasteiger partial charge in [0, 0.05) is 24.9 Å². The Bertz CT molecular complexity index is 650. The van der Waals surface area contributed by atoms with Crippen molar-refractivity contribution in [1.29, 1.82) is 0 Å². The van der Waals surface area contributed by atoms with E-state index in [0.29, 0.717) is 6.42 Å². The van der Waals surface area contributed by atoms with E-state index >= 15 is 0 Å². The molecule has 1 aliphatic carbocycles. The van der Waals surface area contributed by atoms with Gasteiger partial charge in [-0.05, 0) is 24.5 Å². The minimum atomic E-state index is -0.568. The summed E-state index contributed by atoms with van der Waals surface area (Å²) in [6, 6.07) is 11.2. The molecule has 2 aromatic rings. The SMILES string of the molecule is O=C(Cn1cccn1)NC(Cc1ccccc1)C(=O)NC1CC1. The summed E-state index contributed by atoms with van der Waals surface area (Å²) in [6.07, 6.45) is 5.85. The highest BCUT2D eigenvalue weighted by atomic mass is 16.2. The molecule has 120 valence electrons. The van der Waals surface area contributed by atoms with Crippen molar-refractivity contribution in [3.05, 3.63) is 54.4 Å². The monoisotopic (exact) mass is 312 g/mol. The van der Waals surface area contributed by atoms with E-state index in [1.54, 1.807) is 18.5 Å². The maximum absolute atomic E-state index is 12.4. The van der Waals surface area contributed by atoms with Gasteiger partial charge in [0.1, 0.15) is 12.6 Å². The van der Waals surface area contributed by atoms with Crippen LogP contribution in [-0.4, -0.2) is 33.7 Å². The van der Waals surface area contributed by atoms with Crippen LogP contribution in [0, 0.1) is 0 Å². The van der Waals surface area contributed by atoms with Crippen LogP contribution in [0.1, 0.15) is 18.4 Å². The molecule has 1 unspecified atom stereocenters. The number of carbonyl (C=O) groups is 2. The van der Waals surface area contributed by atoms with Crippen molar-refractivity contribution in [2.45, 2.75) is 37.9 Å². The third kappa shape index (κ3) is 4.67. The molecule has 2 amide bonds. The first kappa shape index (κ1) is 15.3. The van der Waals surface area contributed by atoms with Gasteiger partial charge in [0.25, 0.3) is 0 Å². The number of hydrogen-bond acceptors (Lipinski definition) is 3. The molecule has 1 fully saturated rings. The first-order valence-electron chi connectivity index (χ1n) is 7.82. The lowest BCUT2D eigenvalue weighted by molar-refractivity contribution is -0.129. The van der Waals surface area contributed by atoms with Crippen molar-refractivity contribution < 1.29 is 9.59 Å². The highest BCUT2D eigenvalue weighted by Crippen LogP contribution is 2.19. The minimum absolute atomic E-state index is 0.106. The van der Waals surface area contributed by atoms with Crippen LogP contribution in [0.25, 0.3) is 0 Å². The molecule has 0 spiro atoms. The zero-order valence-electron chi connectivity index (χ0n) is 12.8. The Balaban J connectivity index is 1.63. The predicted octanol–water partition coefficient (Wildman–Crippen LogP) is 0.889. The second kappa shape index (κ2) is 7.09. The Labute approximate surface area is 134 Å². The zero-order valence-corrected chi connectivity index (χ0v) is 12.8. The number of nitrogens with zero attached hydrogens (tertiary/aromatic N) is 2. The van der Waals surface area contributed by atoms with Crippen molar-refractivity contribution in [3.8, 4) is 0 Å². The summed E-state index contributed by atoms with van der Waals surface area (Å²) in [5.74, 6) is -0.342. The molecule has 23 heavy (non-hydrogen) atoms. The topological polar surface area (TPSA) is 76.0 Å². The standard InChI is InChI=1S/C17H20N4O2/c22-16(12-21-10-4-9-18-21)20-15(17(23)19-14-7-8-14)11-13-5-2-1-3-6-13/h1-6,9-10,14-15H,7-8,11-12H2,(H,19,23)(H,20,22). The van der Waals surface area contributed by atoms with Gasteiger partial charge in [0.2, 0.25) is 11.8 Å². The molecule has 1 atom stereocenters. The van der Waals surface area contributed by atoms with E-state index in [1.807, 2.05) is 30.3 Å². The summed E-state index contributed by atoms with van der Waals surface area (Å²) in [5, 5.41) is 9.79. The van der Waals surface area contributed by atoms with Crippen LogP contribution >= 0.6 is 0 Å². The maximum atomic E-state index is 12.4. The highest BCUT2D eigenvalue weighted by molar-refractivity contribution is 5.88. The Morgan fingerprint density at radius 1 is 1.22 bits per heavy atom. The molecule has 1 saturated carbocycles. The van der Waals surface area contributed by atoms with Crippen molar-refractivity contribution >= 4 is 11.8 Å². The van der Waals surface area contributed by atoms with Gasteiger partial charge in [-0.15, -0.1) is 0 Å². The lowest BCUT2D eigenvalue weighted by Gasteiger charge is -2.18. The molecule has 3 rings (SSSR count). The molecule has 6 heteroatoms. The number of carbonyl (C=O) groups excluding carboxylic acids is 2. The summed E-state index contributed by atoms with van der Waals surface area (Å²) < 4.78 is 1.54. The van der Waals surface area contributed by atoms with Crippen molar-refractivity contribution in [1.82, 2.24) is 20.4 Å². The van der Waals surface area contributed by atoms with Crippen LogP contribution in [0.3, 0.4) is 0 Å². The molecule has 1 heterocycles. The van der Waals surface area contributed by atoms with Gasteiger partial charge < -0.3 is 10.6 Å². The zero-order chi connectivity index (χ0) is 16.1. The summed E-state index contributed by atoms with van der Waals surface area (Å²) in [5.41, 5.74) is 1.02. The fourth-order valence-electron chi connectivity index (χ4n) is 2.37. The molecule has 1 aromatic heterocycles.